The summed E-state index contributed by atoms with van der Waals surface area (Å²) in [5, 5.41) is 3.04. The van der Waals surface area contributed by atoms with Gasteiger partial charge in [0.05, 0.1) is 13.2 Å². The summed E-state index contributed by atoms with van der Waals surface area (Å²) in [6.07, 6.45) is 0.788. The fourth-order valence-electron chi connectivity index (χ4n) is 1.47. The molecule has 86 valence electrons. The largest absolute Gasteiger partial charge is 0.468 e. The number of carbonyl (C=O) groups excluding carboxylic acids is 2. The molecule has 1 rings (SSSR count). The molecule has 2 unspecified atom stereocenters. The van der Waals surface area contributed by atoms with E-state index in [2.05, 4.69) is 26.0 Å². The van der Waals surface area contributed by atoms with Crippen molar-refractivity contribution in [3.8, 4) is 0 Å². The molecular formula is C9H15BrN2O3. The Morgan fingerprint density at radius 1 is 1.80 bits per heavy atom. The number of rotatable bonds is 4. The van der Waals surface area contributed by atoms with Crippen LogP contribution in [0, 0.1) is 0 Å². The minimum absolute atomic E-state index is 0.0829. The number of esters is 1. The number of nitrogens with one attached hydrogen (secondary N) is 1. The first-order valence-electron chi connectivity index (χ1n) is 4.76. The molecule has 2 atom stereocenters. The summed E-state index contributed by atoms with van der Waals surface area (Å²) in [6.45, 7) is 1.17. The van der Waals surface area contributed by atoms with E-state index in [1.807, 2.05) is 0 Å². The van der Waals surface area contributed by atoms with E-state index in [0.29, 0.717) is 6.54 Å². The molecule has 0 radical (unpaired) electrons. The molecule has 1 aliphatic heterocycles. The van der Waals surface area contributed by atoms with Gasteiger partial charge in [-0.1, -0.05) is 15.9 Å². The van der Waals surface area contributed by atoms with Crippen molar-refractivity contribution >= 4 is 27.8 Å². The van der Waals surface area contributed by atoms with Gasteiger partial charge in [0.1, 0.15) is 4.83 Å². The van der Waals surface area contributed by atoms with Gasteiger partial charge in [-0.3, -0.25) is 9.59 Å². The second-order valence-electron chi connectivity index (χ2n) is 3.50. The van der Waals surface area contributed by atoms with Gasteiger partial charge >= 0.3 is 5.97 Å². The molecule has 0 spiro atoms. The Morgan fingerprint density at radius 2 is 2.47 bits per heavy atom. The quantitative estimate of drug-likeness (QED) is 0.569. The first-order valence-corrected chi connectivity index (χ1v) is 5.68. The molecule has 1 N–H and O–H groups in total. The molecule has 0 saturated carbocycles. The Kier molecular flexibility index (Phi) is 4.53. The summed E-state index contributed by atoms with van der Waals surface area (Å²) >= 11 is 3.18. The average molecular weight is 279 g/mol. The fourth-order valence-corrected chi connectivity index (χ4v) is 1.84. The van der Waals surface area contributed by atoms with Gasteiger partial charge in [-0.2, -0.15) is 0 Å². The van der Waals surface area contributed by atoms with Crippen LogP contribution >= 0.6 is 15.9 Å². The van der Waals surface area contributed by atoms with E-state index in [1.165, 1.54) is 7.11 Å². The molecule has 1 saturated heterocycles. The van der Waals surface area contributed by atoms with Crippen LogP contribution in [0.25, 0.3) is 0 Å². The topological polar surface area (TPSA) is 58.6 Å². The average Bonchev–Trinajstić information content (AvgIpc) is 2.55. The van der Waals surface area contributed by atoms with Crippen molar-refractivity contribution in [3.05, 3.63) is 0 Å². The first-order chi connectivity index (χ1) is 7.06. The standard InChI is InChI=1S/C9H15BrN2O3/c1-12-4-3-7(8(12)13)11-5-6(10)9(14)15-2/h6-7,11H,3-5H2,1-2H3. The maximum Gasteiger partial charge on any atom is 0.320 e. The molecule has 1 fully saturated rings. The van der Waals surface area contributed by atoms with Crippen LogP contribution in [-0.4, -0.2) is 54.9 Å². The molecule has 0 bridgehead atoms. The highest BCUT2D eigenvalue weighted by Crippen LogP contribution is 2.09. The summed E-state index contributed by atoms with van der Waals surface area (Å²) in [5.74, 6) is -0.249. The third kappa shape index (κ3) is 3.17. The number of amides is 1. The van der Waals surface area contributed by atoms with Crippen LogP contribution < -0.4 is 5.32 Å². The van der Waals surface area contributed by atoms with E-state index in [0.717, 1.165) is 13.0 Å². The Hall–Kier alpha value is -0.620. The lowest BCUT2D eigenvalue weighted by Gasteiger charge is -2.14. The Labute approximate surface area is 97.3 Å². The van der Waals surface area contributed by atoms with Crippen LogP contribution in [0.1, 0.15) is 6.42 Å². The van der Waals surface area contributed by atoms with Crippen LogP contribution in [0.3, 0.4) is 0 Å². The number of likely N-dealkylation sites (tertiary alicyclic amines) is 1. The number of alkyl halides is 1. The number of methoxy groups -OCH3 is 1. The maximum absolute atomic E-state index is 11.5. The normalized spacial score (nSPS) is 23.0. The zero-order valence-corrected chi connectivity index (χ0v) is 10.4. The third-order valence-electron chi connectivity index (χ3n) is 2.43. The number of hydrogen-bond donors (Lipinski definition) is 1. The highest BCUT2D eigenvalue weighted by atomic mass is 79.9. The second-order valence-corrected chi connectivity index (χ2v) is 4.61. The molecule has 0 aliphatic carbocycles. The molecule has 5 nitrogen and oxygen atoms in total. The smallest absolute Gasteiger partial charge is 0.320 e. The molecule has 0 aromatic rings. The lowest BCUT2D eigenvalue weighted by atomic mass is 10.2. The maximum atomic E-state index is 11.5. The molecule has 0 aromatic carbocycles. The number of halogens is 1. The van der Waals surface area contributed by atoms with Gasteiger partial charge in [0.15, 0.2) is 0 Å². The van der Waals surface area contributed by atoms with Crippen LogP contribution in [0.5, 0.6) is 0 Å². The van der Waals surface area contributed by atoms with Gasteiger partial charge in [-0.15, -0.1) is 0 Å². The summed E-state index contributed by atoms with van der Waals surface area (Å²) in [7, 11) is 3.11. The number of likely N-dealkylation sites (N-methyl/N-ethyl adjacent to an activating group) is 1. The molecule has 1 aliphatic rings. The van der Waals surface area contributed by atoms with Crippen molar-refractivity contribution in [1.82, 2.24) is 10.2 Å². The minimum atomic E-state index is -0.402. The van der Waals surface area contributed by atoms with Crippen LogP contribution in [-0.2, 0) is 14.3 Å². The van der Waals surface area contributed by atoms with Gasteiger partial charge in [0, 0.05) is 20.1 Å². The number of ether oxygens (including phenoxy) is 1. The summed E-state index contributed by atoms with van der Waals surface area (Å²) in [4.78, 5) is 23.8. The van der Waals surface area contributed by atoms with Gasteiger partial charge < -0.3 is 15.0 Å². The minimum Gasteiger partial charge on any atom is -0.468 e. The number of nitrogens with zero attached hydrogens (tertiary/aromatic N) is 1. The third-order valence-corrected chi connectivity index (χ3v) is 3.13. The van der Waals surface area contributed by atoms with Gasteiger partial charge in [-0.25, -0.2) is 0 Å². The zero-order chi connectivity index (χ0) is 11.4. The summed E-state index contributed by atoms with van der Waals surface area (Å²) < 4.78 is 4.55. The van der Waals surface area contributed by atoms with E-state index in [4.69, 9.17) is 0 Å². The van der Waals surface area contributed by atoms with Crippen molar-refractivity contribution < 1.29 is 14.3 Å². The lowest BCUT2D eigenvalue weighted by Crippen LogP contribution is -2.41. The highest BCUT2D eigenvalue weighted by Gasteiger charge is 2.29. The first kappa shape index (κ1) is 12.4. The second kappa shape index (κ2) is 5.46. The summed E-state index contributed by atoms with van der Waals surface area (Å²) in [6, 6.07) is -0.167. The molecule has 1 amide bonds. The molecule has 6 heteroatoms. The molecular weight excluding hydrogens is 264 g/mol. The highest BCUT2D eigenvalue weighted by molar-refractivity contribution is 9.10. The monoisotopic (exact) mass is 278 g/mol. The number of hydrogen-bond acceptors (Lipinski definition) is 4. The van der Waals surface area contributed by atoms with E-state index in [1.54, 1.807) is 11.9 Å². The van der Waals surface area contributed by atoms with E-state index >= 15 is 0 Å². The molecule has 15 heavy (non-hydrogen) atoms. The van der Waals surface area contributed by atoms with Crippen molar-refractivity contribution in [1.29, 1.82) is 0 Å². The van der Waals surface area contributed by atoms with Crippen LogP contribution in [0.15, 0.2) is 0 Å². The number of carbonyl (C=O) groups is 2. The van der Waals surface area contributed by atoms with Crippen molar-refractivity contribution in [2.24, 2.45) is 0 Å². The fraction of sp³-hybridized carbons (Fsp3) is 0.778. The SMILES string of the molecule is COC(=O)C(Br)CNC1CCN(C)C1=O. The molecule has 0 aromatic heterocycles. The van der Waals surface area contributed by atoms with Gasteiger partial charge in [-0.05, 0) is 6.42 Å². The Morgan fingerprint density at radius 3 is 2.93 bits per heavy atom. The van der Waals surface area contributed by atoms with Crippen molar-refractivity contribution in [3.63, 3.8) is 0 Å². The van der Waals surface area contributed by atoms with E-state index < -0.39 is 4.83 Å². The van der Waals surface area contributed by atoms with Crippen LogP contribution in [0.2, 0.25) is 0 Å². The van der Waals surface area contributed by atoms with Gasteiger partial charge in [0.2, 0.25) is 5.91 Å². The predicted molar refractivity (Wildman–Crippen MR) is 58.8 cm³/mol. The zero-order valence-electron chi connectivity index (χ0n) is 8.83. The summed E-state index contributed by atoms with van der Waals surface area (Å²) in [5.41, 5.74) is 0. The van der Waals surface area contributed by atoms with Crippen molar-refractivity contribution in [2.75, 3.05) is 27.2 Å². The predicted octanol–water partition coefficient (Wildman–Crippen LogP) is -0.257. The Bertz CT molecular complexity index is 260. The molecule has 1 heterocycles. The van der Waals surface area contributed by atoms with Crippen LogP contribution in [0.4, 0.5) is 0 Å². The van der Waals surface area contributed by atoms with E-state index in [9.17, 15) is 9.59 Å². The van der Waals surface area contributed by atoms with E-state index in [-0.39, 0.29) is 17.9 Å². The Balaban J connectivity index is 2.32. The van der Waals surface area contributed by atoms with Gasteiger partial charge in [0.25, 0.3) is 0 Å². The van der Waals surface area contributed by atoms with Crippen molar-refractivity contribution in [2.45, 2.75) is 17.3 Å². The lowest BCUT2D eigenvalue weighted by molar-refractivity contribution is -0.140.